The minimum atomic E-state index is -0.824. The van der Waals surface area contributed by atoms with Gasteiger partial charge in [0.1, 0.15) is 5.76 Å². The van der Waals surface area contributed by atoms with Gasteiger partial charge in [0, 0.05) is 35.8 Å². The molecule has 2 N–H and O–H groups in total. The molecule has 1 heterocycles. The fourth-order valence-electron chi connectivity index (χ4n) is 6.51. The van der Waals surface area contributed by atoms with E-state index in [0.717, 1.165) is 68.2 Å². The van der Waals surface area contributed by atoms with Crippen molar-refractivity contribution in [1.82, 2.24) is 10.5 Å². The molecule has 5 fully saturated rings. The summed E-state index contributed by atoms with van der Waals surface area (Å²) in [6, 6.07) is 0. The highest BCUT2D eigenvalue weighted by molar-refractivity contribution is 5.78. The zero-order chi connectivity index (χ0) is 22.7. The molecule has 0 spiro atoms. The SMILES string of the molecule is CC(C)(C)CC1CC(c2onc([C@@H](CCC(=O)O)CC(=O)NC34CC(C3)C4)c2C2CC2)C1. The first-order valence-corrected chi connectivity index (χ1v) is 12.6. The molecule has 6 nitrogen and oxygen atoms in total. The summed E-state index contributed by atoms with van der Waals surface area (Å²) in [6.45, 7) is 6.90. The molecule has 5 saturated carbocycles. The number of hydrogen-bond acceptors (Lipinski definition) is 4. The third-order valence-electron chi connectivity index (χ3n) is 8.24. The van der Waals surface area contributed by atoms with Crippen LogP contribution in [0.3, 0.4) is 0 Å². The first kappa shape index (κ1) is 22.0. The van der Waals surface area contributed by atoms with Gasteiger partial charge in [0.15, 0.2) is 0 Å². The smallest absolute Gasteiger partial charge is 0.303 e. The highest BCUT2D eigenvalue weighted by Gasteiger charge is 2.57. The largest absolute Gasteiger partial charge is 0.481 e. The van der Waals surface area contributed by atoms with E-state index in [1.54, 1.807) is 0 Å². The molecule has 1 aromatic rings. The van der Waals surface area contributed by atoms with E-state index in [9.17, 15) is 14.7 Å². The summed E-state index contributed by atoms with van der Waals surface area (Å²) >= 11 is 0. The molecule has 1 aromatic heterocycles. The molecule has 6 rings (SSSR count). The summed E-state index contributed by atoms with van der Waals surface area (Å²) in [7, 11) is 0. The maximum atomic E-state index is 12.9. The van der Waals surface area contributed by atoms with Crippen LogP contribution in [0, 0.1) is 17.3 Å². The van der Waals surface area contributed by atoms with Crippen molar-refractivity contribution in [2.75, 3.05) is 0 Å². The number of hydrogen-bond donors (Lipinski definition) is 2. The van der Waals surface area contributed by atoms with Crippen LogP contribution in [0.4, 0.5) is 0 Å². The summed E-state index contributed by atoms with van der Waals surface area (Å²) in [4.78, 5) is 24.2. The summed E-state index contributed by atoms with van der Waals surface area (Å²) in [5.41, 5.74) is 2.48. The van der Waals surface area contributed by atoms with E-state index < -0.39 is 5.97 Å². The molecule has 32 heavy (non-hydrogen) atoms. The van der Waals surface area contributed by atoms with Crippen molar-refractivity contribution in [2.45, 2.75) is 115 Å². The molecule has 0 saturated heterocycles. The number of aliphatic carboxylic acids is 1. The maximum absolute atomic E-state index is 12.9. The van der Waals surface area contributed by atoms with Gasteiger partial charge in [-0.05, 0) is 81.0 Å². The Kier molecular flexibility index (Phi) is 5.41. The van der Waals surface area contributed by atoms with Gasteiger partial charge < -0.3 is 14.9 Å². The number of rotatable bonds is 10. The van der Waals surface area contributed by atoms with Crippen LogP contribution in [0.2, 0.25) is 0 Å². The normalized spacial score (nSPS) is 31.8. The Bertz CT molecular complexity index is 871. The lowest BCUT2D eigenvalue weighted by atomic mass is 9.50. The minimum absolute atomic E-state index is 0.0405. The van der Waals surface area contributed by atoms with Crippen molar-refractivity contribution < 1.29 is 19.2 Å². The lowest BCUT2D eigenvalue weighted by molar-refractivity contribution is -0.138. The van der Waals surface area contributed by atoms with E-state index in [-0.39, 0.29) is 23.8 Å². The van der Waals surface area contributed by atoms with Crippen LogP contribution >= 0.6 is 0 Å². The first-order valence-electron chi connectivity index (χ1n) is 12.6. The second kappa shape index (κ2) is 7.88. The minimum Gasteiger partial charge on any atom is -0.481 e. The fourth-order valence-corrected chi connectivity index (χ4v) is 6.51. The van der Waals surface area contributed by atoms with Crippen LogP contribution in [0.5, 0.6) is 0 Å². The maximum Gasteiger partial charge on any atom is 0.303 e. The summed E-state index contributed by atoms with van der Waals surface area (Å²) in [6.07, 6.45) is 9.92. The topological polar surface area (TPSA) is 92.4 Å². The molecule has 0 unspecified atom stereocenters. The van der Waals surface area contributed by atoms with E-state index in [2.05, 4.69) is 31.2 Å². The Morgan fingerprint density at radius 2 is 1.88 bits per heavy atom. The van der Waals surface area contributed by atoms with Gasteiger partial charge in [-0.25, -0.2) is 0 Å². The van der Waals surface area contributed by atoms with Crippen LogP contribution in [0.15, 0.2) is 4.52 Å². The molecule has 0 radical (unpaired) electrons. The van der Waals surface area contributed by atoms with Crippen molar-refractivity contribution in [3.8, 4) is 0 Å². The van der Waals surface area contributed by atoms with Crippen LogP contribution < -0.4 is 5.32 Å². The fraction of sp³-hybridized carbons (Fsp3) is 0.808. The number of carbonyl (C=O) groups is 2. The number of carboxylic acids is 1. The van der Waals surface area contributed by atoms with Crippen LogP contribution in [0.1, 0.15) is 126 Å². The number of nitrogens with zero attached hydrogens (tertiary/aromatic N) is 1. The summed E-state index contributed by atoms with van der Waals surface area (Å²) in [5.74, 6) is 2.51. The predicted molar refractivity (Wildman–Crippen MR) is 120 cm³/mol. The highest BCUT2D eigenvalue weighted by atomic mass is 16.5. The molecule has 2 bridgehead atoms. The van der Waals surface area contributed by atoms with Crippen molar-refractivity contribution in [2.24, 2.45) is 17.3 Å². The molecule has 6 heteroatoms. The molecule has 1 amide bonds. The van der Waals surface area contributed by atoms with Gasteiger partial charge >= 0.3 is 5.97 Å². The number of carbonyl (C=O) groups excluding carboxylic acids is 1. The van der Waals surface area contributed by atoms with Gasteiger partial charge in [0.2, 0.25) is 5.91 Å². The van der Waals surface area contributed by atoms with Crippen molar-refractivity contribution in [3.63, 3.8) is 0 Å². The number of amides is 1. The molecular weight excluding hydrogens is 404 g/mol. The number of nitrogens with one attached hydrogen (secondary N) is 1. The second-order valence-corrected chi connectivity index (χ2v) is 12.6. The third kappa shape index (κ3) is 4.47. The van der Waals surface area contributed by atoms with Crippen molar-refractivity contribution in [3.05, 3.63) is 17.0 Å². The monoisotopic (exact) mass is 442 g/mol. The third-order valence-corrected chi connectivity index (χ3v) is 8.24. The molecule has 0 aliphatic heterocycles. The van der Waals surface area contributed by atoms with Crippen molar-refractivity contribution in [1.29, 1.82) is 0 Å². The lowest BCUT2D eigenvalue weighted by Crippen LogP contribution is -2.68. The molecule has 176 valence electrons. The van der Waals surface area contributed by atoms with Gasteiger partial charge in [0.25, 0.3) is 0 Å². The number of carboxylic acid groups (broad SMARTS) is 1. The van der Waals surface area contributed by atoms with E-state index in [1.807, 2.05) is 0 Å². The van der Waals surface area contributed by atoms with E-state index in [4.69, 9.17) is 4.52 Å². The highest BCUT2D eigenvalue weighted by Crippen LogP contribution is 2.57. The summed E-state index contributed by atoms with van der Waals surface area (Å²) < 4.78 is 5.96. The quantitative estimate of drug-likeness (QED) is 0.500. The van der Waals surface area contributed by atoms with E-state index in [0.29, 0.717) is 30.1 Å². The molecular formula is C26H38N2O4. The first-order chi connectivity index (χ1) is 15.1. The molecule has 5 aliphatic rings. The Morgan fingerprint density at radius 3 is 2.41 bits per heavy atom. The Hall–Kier alpha value is -1.85. The summed E-state index contributed by atoms with van der Waals surface area (Å²) in [5, 5.41) is 17.0. The Morgan fingerprint density at radius 1 is 1.19 bits per heavy atom. The van der Waals surface area contributed by atoms with Gasteiger partial charge in [0.05, 0.1) is 5.69 Å². The van der Waals surface area contributed by atoms with Gasteiger partial charge in [-0.15, -0.1) is 0 Å². The van der Waals surface area contributed by atoms with Crippen LogP contribution in [-0.2, 0) is 9.59 Å². The lowest BCUT2D eigenvalue weighted by Gasteiger charge is -2.61. The number of aromatic nitrogens is 1. The van der Waals surface area contributed by atoms with Crippen molar-refractivity contribution >= 4 is 11.9 Å². The zero-order valence-electron chi connectivity index (χ0n) is 19.8. The average Bonchev–Trinajstić information content (AvgIpc) is 3.35. The van der Waals surface area contributed by atoms with Gasteiger partial charge in [-0.3, -0.25) is 9.59 Å². The van der Waals surface area contributed by atoms with Crippen LogP contribution in [-0.4, -0.2) is 27.7 Å². The van der Waals surface area contributed by atoms with E-state index >= 15 is 0 Å². The van der Waals surface area contributed by atoms with Gasteiger partial charge in [-0.1, -0.05) is 25.9 Å². The zero-order valence-corrected chi connectivity index (χ0v) is 19.8. The van der Waals surface area contributed by atoms with E-state index in [1.165, 1.54) is 12.0 Å². The second-order valence-electron chi connectivity index (χ2n) is 12.6. The Labute approximate surface area is 190 Å². The Balaban J connectivity index is 1.30. The van der Waals surface area contributed by atoms with Gasteiger partial charge in [-0.2, -0.15) is 0 Å². The predicted octanol–water partition coefficient (Wildman–Crippen LogP) is 5.49. The standard InChI is InChI=1S/C26H38N2O4/c1-25(2,3)11-15-8-19(9-15)24-22(17-4-5-17)23(28-32-24)18(6-7-21(30)31)10-20(29)27-26-12-16(13-26)14-26/h15-19H,4-14H2,1-3H3,(H,27,29)(H,30,31)/t15?,16?,18-,19?,26?/m0/s1. The average molecular weight is 443 g/mol. The molecule has 5 aliphatic carbocycles. The van der Waals surface area contributed by atoms with Crippen LogP contribution in [0.25, 0.3) is 0 Å². The molecule has 1 atom stereocenters. The molecule has 0 aromatic carbocycles.